The monoisotopic (exact) mass is 446 g/mol. The van der Waals surface area contributed by atoms with E-state index in [0.717, 1.165) is 37.7 Å². The van der Waals surface area contributed by atoms with Crippen molar-refractivity contribution in [3.05, 3.63) is 52.1 Å². The molecule has 1 saturated heterocycles. The minimum atomic E-state index is -0.224. The lowest BCUT2D eigenvalue weighted by molar-refractivity contribution is 0.102. The van der Waals surface area contributed by atoms with Crippen LogP contribution in [0.15, 0.2) is 36.5 Å². The van der Waals surface area contributed by atoms with Gasteiger partial charge >= 0.3 is 0 Å². The smallest absolute Gasteiger partial charge is 0.258 e. The van der Waals surface area contributed by atoms with E-state index in [1.54, 1.807) is 18.2 Å². The maximum atomic E-state index is 13.0. The van der Waals surface area contributed by atoms with Gasteiger partial charge in [0.25, 0.3) is 5.91 Å². The number of nitrogens with zero attached hydrogens (tertiary/aromatic N) is 3. The summed E-state index contributed by atoms with van der Waals surface area (Å²) in [6.45, 7) is 2.26. The number of hydrogen-bond donors (Lipinski definition) is 1. The van der Waals surface area contributed by atoms with Crippen LogP contribution < -0.4 is 10.2 Å². The lowest BCUT2D eigenvalue weighted by Crippen LogP contribution is -2.46. The van der Waals surface area contributed by atoms with E-state index < -0.39 is 0 Å². The number of nitrogens with one attached hydrogen (secondary N) is 1. The molecule has 160 valence electrons. The van der Waals surface area contributed by atoms with Crippen molar-refractivity contribution in [1.82, 2.24) is 9.88 Å². The summed E-state index contributed by atoms with van der Waals surface area (Å²) in [6.07, 6.45) is 9.17. The summed E-state index contributed by atoms with van der Waals surface area (Å²) in [5.74, 6) is 0.236. The van der Waals surface area contributed by atoms with Crippen LogP contribution in [-0.2, 0) is 0 Å². The van der Waals surface area contributed by atoms with Gasteiger partial charge in [0.2, 0.25) is 0 Å². The Labute approximate surface area is 188 Å². The minimum Gasteiger partial charge on any atom is -0.371 e. The van der Waals surface area contributed by atoms with Gasteiger partial charge in [0.15, 0.2) is 0 Å². The highest BCUT2D eigenvalue weighted by Crippen LogP contribution is 2.31. The van der Waals surface area contributed by atoms with Gasteiger partial charge in [0.05, 0.1) is 10.6 Å². The molecule has 2 aliphatic rings. The van der Waals surface area contributed by atoms with Gasteiger partial charge in [-0.05, 0) is 56.0 Å². The molecule has 5 nitrogen and oxygen atoms in total. The minimum absolute atomic E-state index is 0.224. The lowest BCUT2D eigenvalue weighted by atomic mass is 9.99. The van der Waals surface area contributed by atoms with Gasteiger partial charge in [-0.2, -0.15) is 0 Å². The molecule has 0 atom stereocenters. The summed E-state index contributed by atoms with van der Waals surface area (Å²) < 4.78 is 0. The van der Waals surface area contributed by atoms with Crippen molar-refractivity contribution in [2.45, 2.75) is 50.6 Å². The Hall–Kier alpha value is -1.82. The van der Waals surface area contributed by atoms with Gasteiger partial charge in [-0.25, -0.2) is 4.98 Å². The Morgan fingerprint density at radius 1 is 1.07 bits per heavy atom. The molecule has 2 aromatic rings. The largest absolute Gasteiger partial charge is 0.371 e. The number of rotatable bonds is 5. The number of halogens is 2. The fourth-order valence-corrected chi connectivity index (χ4v) is 5.02. The Bertz CT molecular complexity index is 875. The number of aromatic nitrogens is 1. The Morgan fingerprint density at radius 3 is 2.43 bits per heavy atom. The molecule has 0 unspecified atom stereocenters. The van der Waals surface area contributed by atoms with Crippen LogP contribution in [0.4, 0.5) is 11.5 Å². The van der Waals surface area contributed by atoms with E-state index in [4.69, 9.17) is 23.2 Å². The molecular weight excluding hydrogens is 419 g/mol. The van der Waals surface area contributed by atoms with Crippen LogP contribution in [0.3, 0.4) is 0 Å². The first kappa shape index (κ1) is 21.4. The van der Waals surface area contributed by atoms with E-state index in [0.29, 0.717) is 27.5 Å². The van der Waals surface area contributed by atoms with Crippen LogP contribution in [0.2, 0.25) is 10.0 Å². The average Bonchev–Trinajstić information content (AvgIpc) is 3.30. The third-order valence-electron chi connectivity index (χ3n) is 6.44. The standard InChI is InChI=1S/C23H28Cl2N4O/c1-28(18-10-12-29(13-11-18)19-4-2-3-5-19)21-8-6-16(24)14-20(21)23(30)27-22-9-7-17(25)15-26-22/h6-9,14-15,18-19H,2-5,10-13H2,1H3,(H,26,27,30). The molecule has 1 aliphatic carbocycles. The van der Waals surface area contributed by atoms with Crippen LogP contribution in [0.1, 0.15) is 48.9 Å². The highest BCUT2D eigenvalue weighted by molar-refractivity contribution is 6.31. The van der Waals surface area contributed by atoms with E-state index in [-0.39, 0.29) is 5.91 Å². The quantitative estimate of drug-likeness (QED) is 0.659. The van der Waals surface area contributed by atoms with Crippen molar-refractivity contribution in [1.29, 1.82) is 0 Å². The summed E-state index contributed by atoms with van der Waals surface area (Å²) in [6, 6.07) is 10.1. The maximum absolute atomic E-state index is 13.0. The van der Waals surface area contributed by atoms with Crippen LogP contribution in [-0.4, -0.2) is 48.0 Å². The molecule has 1 N–H and O–H groups in total. The highest BCUT2D eigenvalue weighted by Gasteiger charge is 2.29. The topological polar surface area (TPSA) is 48.5 Å². The first-order chi connectivity index (χ1) is 14.5. The van der Waals surface area contributed by atoms with Crippen LogP contribution in [0, 0.1) is 0 Å². The zero-order valence-corrected chi connectivity index (χ0v) is 18.8. The van der Waals surface area contributed by atoms with Crippen molar-refractivity contribution in [3.63, 3.8) is 0 Å². The summed E-state index contributed by atoms with van der Waals surface area (Å²) in [5, 5.41) is 3.92. The number of carbonyl (C=O) groups is 1. The molecule has 0 bridgehead atoms. The number of likely N-dealkylation sites (tertiary alicyclic amines) is 1. The van der Waals surface area contributed by atoms with Gasteiger partial charge in [0.1, 0.15) is 5.82 Å². The fraction of sp³-hybridized carbons (Fsp3) is 0.478. The second-order valence-corrected chi connectivity index (χ2v) is 9.17. The first-order valence-electron chi connectivity index (χ1n) is 10.7. The van der Waals surface area contributed by atoms with Crippen LogP contribution in [0.5, 0.6) is 0 Å². The van der Waals surface area contributed by atoms with Crippen molar-refractivity contribution in [2.75, 3.05) is 30.4 Å². The van der Waals surface area contributed by atoms with Gasteiger partial charge in [-0.15, -0.1) is 0 Å². The normalized spacial score (nSPS) is 18.5. The number of anilines is 2. The van der Waals surface area contributed by atoms with Crippen molar-refractivity contribution in [3.8, 4) is 0 Å². The molecule has 0 spiro atoms. The molecule has 2 heterocycles. The molecule has 0 radical (unpaired) electrons. The van der Waals surface area contributed by atoms with E-state index in [9.17, 15) is 4.79 Å². The summed E-state index contributed by atoms with van der Waals surface area (Å²) in [4.78, 5) is 22.1. The van der Waals surface area contributed by atoms with Crippen LogP contribution >= 0.6 is 23.2 Å². The van der Waals surface area contributed by atoms with Gasteiger partial charge in [-0.3, -0.25) is 4.79 Å². The zero-order valence-electron chi connectivity index (χ0n) is 17.3. The summed E-state index contributed by atoms with van der Waals surface area (Å²) in [7, 11) is 2.08. The SMILES string of the molecule is CN(c1ccc(Cl)cc1C(=O)Nc1ccc(Cl)cn1)C1CCN(C2CCCC2)CC1. The number of amides is 1. The molecule has 4 rings (SSSR count). The first-order valence-corrected chi connectivity index (χ1v) is 11.5. The second kappa shape index (κ2) is 9.54. The summed E-state index contributed by atoms with van der Waals surface area (Å²) >= 11 is 12.1. The number of hydrogen-bond acceptors (Lipinski definition) is 4. The average molecular weight is 447 g/mol. The predicted molar refractivity (Wildman–Crippen MR) is 124 cm³/mol. The number of benzene rings is 1. The molecular formula is C23H28Cl2N4O. The highest BCUT2D eigenvalue weighted by atomic mass is 35.5. The van der Waals surface area contributed by atoms with Gasteiger partial charge in [-0.1, -0.05) is 36.0 Å². The molecule has 1 aromatic heterocycles. The lowest BCUT2D eigenvalue weighted by Gasteiger charge is -2.40. The Morgan fingerprint density at radius 2 is 1.77 bits per heavy atom. The molecule has 1 saturated carbocycles. The fourth-order valence-electron chi connectivity index (χ4n) is 4.74. The summed E-state index contributed by atoms with van der Waals surface area (Å²) in [5.41, 5.74) is 1.45. The predicted octanol–water partition coefficient (Wildman–Crippen LogP) is 5.48. The molecule has 30 heavy (non-hydrogen) atoms. The van der Waals surface area contributed by atoms with E-state index in [1.165, 1.54) is 31.9 Å². The van der Waals surface area contributed by atoms with E-state index in [1.807, 2.05) is 12.1 Å². The molecule has 1 aromatic carbocycles. The second-order valence-electron chi connectivity index (χ2n) is 8.29. The Kier molecular flexibility index (Phi) is 6.81. The third-order valence-corrected chi connectivity index (χ3v) is 6.90. The molecule has 2 fully saturated rings. The van der Waals surface area contributed by atoms with Gasteiger partial charge < -0.3 is 15.1 Å². The van der Waals surface area contributed by atoms with Crippen molar-refractivity contribution in [2.24, 2.45) is 0 Å². The van der Waals surface area contributed by atoms with E-state index in [2.05, 4.69) is 27.1 Å². The number of pyridine rings is 1. The van der Waals surface area contributed by atoms with Crippen molar-refractivity contribution < 1.29 is 4.79 Å². The van der Waals surface area contributed by atoms with Gasteiger partial charge in [0, 0.05) is 49.1 Å². The molecule has 7 heteroatoms. The van der Waals surface area contributed by atoms with E-state index >= 15 is 0 Å². The maximum Gasteiger partial charge on any atom is 0.258 e. The Balaban J connectivity index is 1.47. The van der Waals surface area contributed by atoms with Crippen molar-refractivity contribution >= 4 is 40.6 Å². The number of carbonyl (C=O) groups excluding carboxylic acids is 1. The molecule has 1 aliphatic heterocycles. The number of piperidine rings is 1. The zero-order chi connectivity index (χ0) is 21.1. The third kappa shape index (κ3) is 4.90. The molecule has 1 amide bonds. The van der Waals surface area contributed by atoms with Crippen LogP contribution in [0.25, 0.3) is 0 Å².